The van der Waals surface area contributed by atoms with Gasteiger partial charge in [0.15, 0.2) is 0 Å². The van der Waals surface area contributed by atoms with Crippen LogP contribution in [-0.4, -0.2) is 18.3 Å². The summed E-state index contributed by atoms with van der Waals surface area (Å²) in [6.45, 7) is 12.3. The minimum Gasteiger partial charge on any atom is -0.399 e. The molecule has 2 nitrogen and oxygen atoms in total. The number of hydrogen-bond acceptors (Lipinski definition) is 2. The maximum Gasteiger partial charge on any atom is 0.494 e. The predicted octanol–water partition coefficient (Wildman–Crippen LogP) is 3.91. The summed E-state index contributed by atoms with van der Waals surface area (Å²) in [5, 5.41) is 0.872. The van der Waals surface area contributed by atoms with Crippen LogP contribution in [0.25, 0.3) is 0 Å². The summed E-state index contributed by atoms with van der Waals surface area (Å²) in [6.07, 6.45) is 0. The van der Waals surface area contributed by atoms with E-state index in [2.05, 4.69) is 67.9 Å². The maximum absolute atomic E-state index is 5.99. The fraction of sp³-hybridized carbons (Fsp3) is 0.600. The van der Waals surface area contributed by atoms with E-state index >= 15 is 0 Å². The molecule has 19 heavy (non-hydrogen) atoms. The lowest BCUT2D eigenvalue weighted by Gasteiger charge is -2.32. The van der Waals surface area contributed by atoms with Gasteiger partial charge >= 0.3 is 7.12 Å². The molecular weight excluding hydrogens is 303 g/mol. The normalized spacial score (nSPS) is 19.8. The van der Waals surface area contributed by atoms with Crippen molar-refractivity contribution in [3.05, 3.63) is 29.8 Å². The molecule has 0 aliphatic carbocycles. The van der Waals surface area contributed by atoms with Crippen LogP contribution in [0.5, 0.6) is 0 Å². The molecule has 1 aromatic carbocycles. The molecule has 1 aromatic rings. The van der Waals surface area contributed by atoms with Crippen LogP contribution in [-0.2, 0) is 14.6 Å². The van der Waals surface area contributed by atoms with E-state index in [0.29, 0.717) is 0 Å². The number of rotatable bonds is 2. The van der Waals surface area contributed by atoms with Gasteiger partial charge in [-0.05, 0) is 38.7 Å². The van der Waals surface area contributed by atoms with Gasteiger partial charge < -0.3 is 9.31 Å². The van der Waals surface area contributed by atoms with E-state index in [-0.39, 0.29) is 18.3 Å². The first-order valence-corrected chi connectivity index (χ1v) is 7.98. The first-order chi connectivity index (χ1) is 8.86. The number of hydrogen-bond donors (Lipinski definition) is 0. The highest BCUT2D eigenvalue weighted by Crippen LogP contribution is 2.36. The Morgan fingerprint density at radius 1 is 0.947 bits per heavy atom. The molecule has 1 fully saturated rings. The Bertz CT molecular complexity index is 385. The third-order valence-corrected chi connectivity index (χ3v) is 4.31. The van der Waals surface area contributed by atoms with Crippen molar-refractivity contribution >= 4 is 28.5 Å². The van der Waals surface area contributed by atoms with Crippen molar-refractivity contribution in [2.45, 2.75) is 58.1 Å². The van der Waals surface area contributed by atoms with Crippen LogP contribution in [0.3, 0.4) is 0 Å². The largest absolute Gasteiger partial charge is 0.494 e. The van der Waals surface area contributed by atoms with Gasteiger partial charge in [0.05, 0.1) is 11.2 Å². The Hall–Kier alpha value is -0.315. The molecule has 1 saturated heterocycles. The molecular formula is C15H24BBrO2. The van der Waals surface area contributed by atoms with E-state index in [9.17, 15) is 0 Å². The zero-order valence-electron chi connectivity index (χ0n) is 12.8. The summed E-state index contributed by atoms with van der Waals surface area (Å²) in [5.41, 5.74) is 1.79. The fourth-order valence-electron chi connectivity index (χ4n) is 1.74. The summed E-state index contributed by atoms with van der Waals surface area (Å²) in [4.78, 5) is 0. The number of alkyl halides is 1. The first-order valence-electron chi connectivity index (χ1n) is 6.86. The Morgan fingerprint density at radius 3 is 1.74 bits per heavy atom. The van der Waals surface area contributed by atoms with Gasteiger partial charge in [-0.1, -0.05) is 54.0 Å². The molecule has 2 rings (SSSR count). The lowest BCUT2D eigenvalue weighted by molar-refractivity contribution is 0.00578. The highest BCUT2D eigenvalue weighted by Gasteiger charge is 2.51. The van der Waals surface area contributed by atoms with E-state index in [1.165, 1.54) is 5.56 Å². The van der Waals surface area contributed by atoms with Crippen molar-refractivity contribution in [1.29, 1.82) is 0 Å². The highest BCUT2D eigenvalue weighted by atomic mass is 79.9. The average molecular weight is 327 g/mol. The Morgan fingerprint density at radius 2 is 1.37 bits per heavy atom. The van der Waals surface area contributed by atoms with Crippen molar-refractivity contribution in [3.8, 4) is 0 Å². The fourth-order valence-corrected chi connectivity index (χ4v) is 2.12. The first kappa shape index (κ1) is 16.7. The van der Waals surface area contributed by atoms with Crippen LogP contribution in [0.4, 0.5) is 0 Å². The SMILES string of the molecule is CC.CC1(C)OB(c2ccc(CBr)cc2)OC1(C)C. The molecule has 0 radical (unpaired) electrons. The van der Waals surface area contributed by atoms with Gasteiger partial charge in [0.1, 0.15) is 0 Å². The molecule has 0 aromatic heterocycles. The maximum atomic E-state index is 5.99. The molecule has 0 bridgehead atoms. The second kappa shape index (κ2) is 6.42. The van der Waals surface area contributed by atoms with Gasteiger partial charge in [-0.15, -0.1) is 0 Å². The Kier molecular flexibility index (Phi) is 5.66. The standard InChI is InChI=1S/C13H18BBrO2.C2H6/c1-12(2)13(3,4)17-14(16-12)11-7-5-10(9-15)6-8-11;1-2/h5-8H,9H2,1-4H3;1-2H3. The molecule has 0 amide bonds. The molecule has 1 heterocycles. The van der Waals surface area contributed by atoms with Gasteiger partial charge in [0.2, 0.25) is 0 Å². The van der Waals surface area contributed by atoms with Crippen molar-refractivity contribution < 1.29 is 9.31 Å². The summed E-state index contributed by atoms with van der Waals surface area (Å²) in [6, 6.07) is 8.32. The van der Waals surface area contributed by atoms with Gasteiger partial charge in [-0.3, -0.25) is 0 Å². The highest BCUT2D eigenvalue weighted by molar-refractivity contribution is 9.08. The van der Waals surface area contributed by atoms with Gasteiger partial charge in [0, 0.05) is 5.33 Å². The monoisotopic (exact) mass is 326 g/mol. The lowest BCUT2D eigenvalue weighted by atomic mass is 9.79. The van der Waals surface area contributed by atoms with Gasteiger partial charge in [-0.25, -0.2) is 0 Å². The van der Waals surface area contributed by atoms with Crippen LogP contribution in [0.2, 0.25) is 0 Å². The van der Waals surface area contributed by atoms with E-state index in [4.69, 9.17) is 9.31 Å². The Balaban J connectivity index is 0.000000861. The Labute approximate surface area is 126 Å². The third-order valence-electron chi connectivity index (χ3n) is 3.66. The van der Waals surface area contributed by atoms with Gasteiger partial charge in [0.25, 0.3) is 0 Å². The quantitative estimate of drug-likeness (QED) is 0.606. The van der Waals surface area contributed by atoms with Crippen LogP contribution >= 0.6 is 15.9 Å². The predicted molar refractivity (Wildman–Crippen MR) is 86.1 cm³/mol. The summed E-state index contributed by atoms with van der Waals surface area (Å²) < 4.78 is 12.0. The lowest BCUT2D eigenvalue weighted by Crippen LogP contribution is -2.41. The zero-order valence-corrected chi connectivity index (χ0v) is 14.4. The number of benzene rings is 1. The topological polar surface area (TPSA) is 18.5 Å². The average Bonchev–Trinajstić information content (AvgIpc) is 2.61. The van der Waals surface area contributed by atoms with E-state index in [1.807, 2.05) is 13.8 Å². The summed E-state index contributed by atoms with van der Waals surface area (Å²) in [5.74, 6) is 0. The van der Waals surface area contributed by atoms with Crippen LogP contribution < -0.4 is 5.46 Å². The van der Waals surface area contributed by atoms with Crippen LogP contribution in [0.1, 0.15) is 47.1 Å². The second-order valence-corrected chi connectivity index (χ2v) is 6.02. The van der Waals surface area contributed by atoms with Crippen molar-refractivity contribution in [2.24, 2.45) is 0 Å². The molecule has 0 spiro atoms. The minimum absolute atomic E-state index is 0.260. The molecule has 0 N–H and O–H groups in total. The molecule has 0 saturated carbocycles. The zero-order chi connectivity index (χ0) is 14.7. The van der Waals surface area contributed by atoms with E-state index in [0.717, 1.165) is 10.8 Å². The van der Waals surface area contributed by atoms with E-state index < -0.39 is 0 Å². The van der Waals surface area contributed by atoms with Crippen LogP contribution in [0.15, 0.2) is 24.3 Å². The van der Waals surface area contributed by atoms with Crippen LogP contribution in [0, 0.1) is 0 Å². The van der Waals surface area contributed by atoms with Gasteiger partial charge in [-0.2, -0.15) is 0 Å². The smallest absolute Gasteiger partial charge is 0.399 e. The van der Waals surface area contributed by atoms with Crippen molar-refractivity contribution in [3.63, 3.8) is 0 Å². The second-order valence-electron chi connectivity index (χ2n) is 5.46. The molecule has 4 heteroatoms. The number of halogens is 1. The third kappa shape index (κ3) is 3.62. The molecule has 0 unspecified atom stereocenters. The molecule has 1 aliphatic heterocycles. The van der Waals surface area contributed by atoms with E-state index in [1.54, 1.807) is 0 Å². The molecule has 106 valence electrons. The molecule has 0 atom stereocenters. The molecule has 1 aliphatic rings. The van der Waals surface area contributed by atoms with Crippen molar-refractivity contribution in [2.75, 3.05) is 0 Å². The minimum atomic E-state index is -0.272. The summed E-state index contributed by atoms with van der Waals surface area (Å²) in [7, 11) is -0.260. The summed E-state index contributed by atoms with van der Waals surface area (Å²) >= 11 is 3.44. The van der Waals surface area contributed by atoms with Crippen molar-refractivity contribution in [1.82, 2.24) is 0 Å².